The smallest absolute Gasteiger partial charge is 0.137 e. The van der Waals surface area contributed by atoms with Gasteiger partial charge in [-0.15, -0.1) is 0 Å². The summed E-state index contributed by atoms with van der Waals surface area (Å²) in [5.74, 6) is -0.220. The van der Waals surface area contributed by atoms with E-state index >= 15 is 0 Å². The predicted octanol–water partition coefficient (Wildman–Crippen LogP) is 3.88. The first-order valence-corrected chi connectivity index (χ1v) is 7.08. The molecule has 1 N–H and O–H groups in total. The topological polar surface area (TPSA) is 24.9 Å². The maximum atomic E-state index is 13.5. The van der Waals surface area contributed by atoms with E-state index in [1.54, 1.807) is 18.5 Å². The molecule has 1 atom stereocenters. The first-order chi connectivity index (χ1) is 9.22. The van der Waals surface area contributed by atoms with Gasteiger partial charge in [0, 0.05) is 18.4 Å². The monoisotopic (exact) mass is 322 g/mol. The molecule has 0 aliphatic rings. The van der Waals surface area contributed by atoms with Crippen LogP contribution in [0, 0.1) is 5.82 Å². The number of rotatable bonds is 5. The molecule has 2 rings (SSSR count). The molecule has 19 heavy (non-hydrogen) atoms. The number of halogens is 2. The molecule has 0 saturated carbocycles. The summed E-state index contributed by atoms with van der Waals surface area (Å²) in [7, 11) is 0. The van der Waals surface area contributed by atoms with Gasteiger partial charge in [-0.2, -0.15) is 0 Å². The summed E-state index contributed by atoms with van der Waals surface area (Å²) in [5.41, 5.74) is 2.12. The van der Waals surface area contributed by atoms with Crippen LogP contribution < -0.4 is 5.32 Å². The third kappa shape index (κ3) is 3.61. The average Bonchev–Trinajstić information content (AvgIpc) is 2.44. The number of hydrogen-bond acceptors (Lipinski definition) is 2. The van der Waals surface area contributed by atoms with E-state index in [-0.39, 0.29) is 11.9 Å². The van der Waals surface area contributed by atoms with Crippen LogP contribution in [0.4, 0.5) is 4.39 Å². The zero-order valence-electron chi connectivity index (χ0n) is 10.7. The molecule has 1 heterocycles. The summed E-state index contributed by atoms with van der Waals surface area (Å²) >= 11 is 3.32. The Kier molecular flexibility index (Phi) is 5.05. The zero-order valence-corrected chi connectivity index (χ0v) is 12.3. The lowest BCUT2D eigenvalue weighted by Crippen LogP contribution is -2.23. The van der Waals surface area contributed by atoms with E-state index in [1.165, 1.54) is 6.07 Å². The fourth-order valence-corrected chi connectivity index (χ4v) is 2.50. The molecular weight excluding hydrogens is 307 g/mol. The molecule has 1 aromatic carbocycles. The van der Waals surface area contributed by atoms with Gasteiger partial charge in [-0.25, -0.2) is 4.39 Å². The third-order valence-electron chi connectivity index (χ3n) is 3.01. The van der Waals surface area contributed by atoms with Gasteiger partial charge in [0.1, 0.15) is 5.82 Å². The lowest BCUT2D eigenvalue weighted by atomic mass is 9.99. The molecule has 4 heteroatoms. The van der Waals surface area contributed by atoms with E-state index in [4.69, 9.17) is 0 Å². The molecule has 0 fully saturated rings. The molecule has 0 saturated heterocycles. The Morgan fingerprint density at radius 2 is 2.00 bits per heavy atom. The van der Waals surface area contributed by atoms with Crippen LogP contribution in [0.25, 0.3) is 0 Å². The lowest BCUT2D eigenvalue weighted by molar-refractivity contribution is 0.544. The van der Waals surface area contributed by atoms with Crippen LogP contribution in [-0.4, -0.2) is 11.5 Å². The molecule has 2 nitrogen and oxygen atoms in total. The summed E-state index contributed by atoms with van der Waals surface area (Å²) in [5, 5.41) is 3.42. The van der Waals surface area contributed by atoms with E-state index in [1.807, 2.05) is 18.2 Å². The Morgan fingerprint density at radius 3 is 2.68 bits per heavy atom. The Morgan fingerprint density at radius 1 is 1.26 bits per heavy atom. The van der Waals surface area contributed by atoms with Crippen molar-refractivity contribution in [3.8, 4) is 0 Å². The number of benzene rings is 1. The lowest BCUT2D eigenvalue weighted by Gasteiger charge is -2.19. The summed E-state index contributed by atoms with van der Waals surface area (Å²) in [4.78, 5) is 4.03. The molecule has 100 valence electrons. The molecule has 1 unspecified atom stereocenters. The first-order valence-electron chi connectivity index (χ1n) is 6.28. The van der Waals surface area contributed by atoms with Crippen molar-refractivity contribution in [1.29, 1.82) is 0 Å². The van der Waals surface area contributed by atoms with Gasteiger partial charge in [-0.1, -0.05) is 19.1 Å². The largest absolute Gasteiger partial charge is 0.310 e. The number of aromatic nitrogens is 1. The highest BCUT2D eigenvalue weighted by molar-refractivity contribution is 9.10. The Balaban J connectivity index is 2.24. The maximum Gasteiger partial charge on any atom is 0.137 e. The van der Waals surface area contributed by atoms with Crippen LogP contribution in [-0.2, 0) is 6.42 Å². The number of nitrogens with zero attached hydrogens (tertiary/aromatic N) is 1. The van der Waals surface area contributed by atoms with Crippen molar-refractivity contribution in [2.45, 2.75) is 19.4 Å². The zero-order chi connectivity index (χ0) is 13.7. The maximum absolute atomic E-state index is 13.5. The quantitative estimate of drug-likeness (QED) is 0.903. The van der Waals surface area contributed by atoms with Crippen molar-refractivity contribution < 1.29 is 4.39 Å². The number of pyridine rings is 1. The molecule has 0 spiro atoms. The van der Waals surface area contributed by atoms with Gasteiger partial charge in [0.05, 0.1) is 4.47 Å². The fraction of sp³-hybridized carbons (Fsp3) is 0.267. The molecule has 0 aliphatic heterocycles. The minimum atomic E-state index is -0.220. The van der Waals surface area contributed by atoms with E-state index < -0.39 is 0 Å². The number of nitrogens with one attached hydrogen (secondary N) is 1. The molecular formula is C15H16BrFN2. The Labute approximate surface area is 121 Å². The second kappa shape index (κ2) is 6.78. The minimum absolute atomic E-state index is 0.158. The van der Waals surface area contributed by atoms with Gasteiger partial charge < -0.3 is 5.32 Å². The van der Waals surface area contributed by atoms with Crippen molar-refractivity contribution in [2.75, 3.05) is 6.54 Å². The fourth-order valence-electron chi connectivity index (χ4n) is 2.08. The van der Waals surface area contributed by atoms with E-state index in [0.29, 0.717) is 4.47 Å². The van der Waals surface area contributed by atoms with Gasteiger partial charge in [0.2, 0.25) is 0 Å². The summed E-state index contributed by atoms with van der Waals surface area (Å²) < 4.78 is 14.1. The van der Waals surface area contributed by atoms with Crippen molar-refractivity contribution >= 4 is 15.9 Å². The van der Waals surface area contributed by atoms with Crippen molar-refractivity contribution in [3.63, 3.8) is 0 Å². The van der Waals surface area contributed by atoms with E-state index in [9.17, 15) is 4.39 Å². The summed E-state index contributed by atoms with van der Waals surface area (Å²) in [6.07, 6.45) is 4.29. The second-order valence-electron chi connectivity index (χ2n) is 4.31. The highest BCUT2D eigenvalue weighted by atomic mass is 79.9. The van der Waals surface area contributed by atoms with Crippen LogP contribution in [0.3, 0.4) is 0 Å². The Bertz CT molecular complexity index is 531. The van der Waals surface area contributed by atoms with Gasteiger partial charge >= 0.3 is 0 Å². The normalized spacial score (nSPS) is 12.4. The second-order valence-corrected chi connectivity index (χ2v) is 5.10. The highest BCUT2D eigenvalue weighted by Crippen LogP contribution is 2.25. The van der Waals surface area contributed by atoms with Gasteiger partial charge in [0.25, 0.3) is 0 Å². The van der Waals surface area contributed by atoms with E-state index in [0.717, 1.165) is 24.1 Å². The minimum Gasteiger partial charge on any atom is -0.310 e. The Hall–Kier alpha value is -1.26. The van der Waals surface area contributed by atoms with Crippen molar-refractivity contribution in [1.82, 2.24) is 10.3 Å². The molecule has 0 amide bonds. The third-order valence-corrected chi connectivity index (χ3v) is 3.90. The van der Waals surface area contributed by atoms with Crippen LogP contribution >= 0.6 is 15.9 Å². The molecule has 0 radical (unpaired) electrons. The average molecular weight is 323 g/mol. The molecule has 0 aliphatic carbocycles. The van der Waals surface area contributed by atoms with Crippen LogP contribution in [0.5, 0.6) is 0 Å². The number of hydrogen-bond donors (Lipinski definition) is 1. The molecule has 1 aromatic heterocycles. The van der Waals surface area contributed by atoms with Crippen LogP contribution in [0.2, 0.25) is 0 Å². The molecule has 2 aromatic rings. The standard InChI is InChI=1S/C15H16BrFN2/c1-2-19-14(11-6-8-18-9-7-11)10-12-4-3-5-13(17)15(12)16/h3-9,14,19H,2,10H2,1H3. The van der Waals surface area contributed by atoms with Crippen molar-refractivity contribution in [2.24, 2.45) is 0 Å². The summed E-state index contributed by atoms with van der Waals surface area (Å²) in [6.45, 7) is 2.93. The van der Waals surface area contributed by atoms with Gasteiger partial charge in [-0.3, -0.25) is 4.98 Å². The highest BCUT2D eigenvalue weighted by Gasteiger charge is 2.14. The first kappa shape index (κ1) is 14.2. The van der Waals surface area contributed by atoms with E-state index in [2.05, 4.69) is 33.2 Å². The van der Waals surface area contributed by atoms with Gasteiger partial charge in [0.15, 0.2) is 0 Å². The molecule has 0 bridgehead atoms. The van der Waals surface area contributed by atoms with Gasteiger partial charge in [-0.05, 0) is 58.2 Å². The predicted molar refractivity (Wildman–Crippen MR) is 78.5 cm³/mol. The van der Waals surface area contributed by atoms with Crippen LogP contribution in [0.1, 0.15) is 24.1 Å². The SMILES string of the molecule is CCNC(Cc1cccc(F)c1Br)c1ccncc1. The van der Waals surface area contributed by atoms with Crippen molar-refractivity contribution in [3.05, 3.63) is 64.1 Å². The summed E-state index contributed by atoms with van der Waals surface area (Å²) in [6, 6.07) is 9.28. The van der Waals surface area contributed by atoms with Crippen LogP contribution in [0.15, 0.2) is 47.2 Å². The number of likely N-dealkylation sites (N-methyl/N-ethyl adjacent to an activating group) is 1.